The van der Waals surface area contributed by atoms with Crippen LogP contribution in [0.1, 0.15) is 29.8 Å². The van der Waals surface area contributed by atoms with Crippen molar-refractivity contribution in [2.45, 2.75) is 26.4 Å². The number of nitrogens with zero attached hydrogens (tertiary/aromatic N) is 2. The highest BCUT2D eigenvalue weighted by atomic mass is 35.5. The molecular formula is C24H28ClN3O4. The maximum atomic E-state index is 13.2. The Balaban J connectivity index is 1.32. The van der Waals surface area contributed by atoms with Gasteiger partial charge in [-0.2, -0.15) is 0 Å². The summed E-state index contributed by atoms with van der Waals surface area (Å²) in [7, 11) is 0. The Labute approximate surface area is 193 Å². The third-order valence-corrected chi connectivity index (χ3v) is 6.10. The number of hydrogen-bond acceptors (Lipinski definition) is 5. The van der Waals surface area contributed by atoms with Crippen LogP contribution < -0.4 is 14.8 Å². The van der Waals surface area contributed by atoms with E-state index in [0.717, 1.165) is 36.7 Å². The van der Waals surface area contributed by atoms with Crippen LogP contribution in [0.15, 0.2) is 42.5 Å². The Hall–Kier alpha value is -2.77. The lowest BCUT2D eigenvalue weighted by Crippen LogP contribution is -2.56. The third kappa shape index (κ3) is 5.16. The second kappa shape index (κ2) is 9.79. The standard InChI is InChI=1S/C24H28ClN3O4/c1-16(2)22(26-23(29)18-4-6-19(25)7-5-18)24(30)28-11-9-27(10-12-28)14-17-3-8-20-21(13-17)32-15-31-20/h3-8,13,16,22H,9-12,14-15H2,1-2H3,(H,26,29)/t22-/m0/s1. The van der Waals surface area contributed by atoms with Gasteiger partial charge in [0.1, 0.15) is 6.04 Å². The Kier molecular flexibility index (Phi) is 6.86. The highest BCUT2D eigenvalue weighted by Gasteiger charge is 2.31. The van der Waals surface area contributed by atoms with Gasteiger partial charge in [0.2, 0.25) is 12.7 Å². The molecule has 0 bridgehead atoms. The Morgan fingerprint density at radius 2 is 1.69 bits per heavy atom. The van der Waals surface area contributed by atoms with Crippen LogP contribution in [0.2, 0.25) is 5.02 Å². The molecule has 0 radical (unpaired) electrons. The number of carbonyl (C=O) groups excluding carboxylic acids is 2. The van der Waals surface area contributed by atoms with Crippen molar-refractivity contribution in [3.63, 3.8) is 0 Å². The zero-order valence-corrected chi connectivity index (χ0v) is 19.1. The molecule has 32 heavy (non-hydrogen) atoms. The van der Waals surface area contributed by atoms with Gasteiger partial charge >= 0.3 is 0 Å². The number of ether oxygens (including phenoxy) is 2. The molecule has 0 spiro atoms. The van der Waals surface area contributed by atoms with Crippen molar-refractivity contribution < 1.29 is 19.1 Å². The van der Waals surface area contributed by atoms with Gasteiger partial charge in [0.15, 0.2) is 11.5 Å². The van der Waals surface area contributed by atoms with E-state index in [1.165, 1.54) is 0 Å². The minimum Gasteiger partial charge on any atom is -0.454 e. The molecule has 1 atom stereocenters. The lowest BCUT2D eigenvalue weighted by Gasteiger charge is -2.37. The van der Waals surface area contributed by atoms with Crippen molar-refractivity contribution >= 4 is 23.4 Å². The van der Waals surface area contributed by atoms with Crippen molar-refractivity contribution in [1.82, 2.24) is 15.1 Å². The fourth-order valence-corrected chi connectivity index (χ4v) is 4.09. The van der Waals surface area contributed by atoms with E-state index in [-0.39, 0.29) is 24.5 Å². The van der Waals surface area contributed by atoms with Crippen molar-refractivity contribution in [3.05, 3.63) is 58.6 Å². The summed E-state index contributed by atoms with van der Waals surface area (Å²) >= 11 is 5.90. The van der Waals surface area contributed by atoms with Gasteiger partial charge in [0.05, 0.1) is 0 Å². The van der Waals surface area contributed by atoms with Gasteiger partial charge in [-0.3, -0.25) is 14.5 Å². The van der Waals surface area contributed by atoms with Crippen molar-refractivity contribution in [1.29, 1.82) is 0 Å². The molecule has 7 nitrogen and oxygen atoms in total. The number of carbonyl (C=O) groups is 2. The summed E-state index contributed by atoms with van der Waals surface area (Å²) in [6.45, 7) is 7.75. The highest BCUT2D eigenvalue weighted by molar-refractivity contribution is 6.30. The minimum atomic E-state index is -0.571. The lowest BCUT2D eigenvalue weighted by atomic mass is 10.0. The average Bonchev–Trinajstić information content (AvgIpc) is 3.25. The van der Waals surface area contributed by atoms with E-state index in [9.17, 15) is 9.59 Å². The van der Waals surface area contributed by atoms with Crippen LogP contribution in [-0.2, 0) is 11.3 Å². The first kappa shape index (κ1) is 22.4. The molecule has 170 valence electrons. The molecule has 0 saturated carbocycles. The zero-order chi connectivity index (χ0) is 22.7. The van der Waals surface area contributed by atoms with Gasteiger partial charge in [-0.1, -0.05) is 31.5 Å². The smallest absolute Gasteiger partial charge is 0.251 e. The largest absolute Gasteiger partial charge is 0.454 e. The maximum Gasteiger partial charge on any atom is 0.251 e. The SMILES string of the molecule is CC(C)[C@H](NC(=O)c1ccc(Cl)cc1)C(=O)N1CCN(Cc2ccc3c(c2)OCO3)CC1. The molecule has 8 heteroatoms. The summed E-state index contributed by atoms with van der Waals surface area (Å²) < 4.78 is 10.8. The Bertz CT molecular complexity index is 972. The molecule has 4 rings (SSSR count). The number of fused-ring (bicyclic) bond motifs is 1. The molecule has 0 unspecified atom stereocenters. The molecule has 2 amide bonds. The number of benzene rings is 2. The van der Waals surface area contributed by atoms with Crippen molar-refractivity contribution in [2.75, 3.05) is 33.0 Å². The molecule has 2 heterocycles. The molecule has 2 aromatic carbocycles. The number of piperazine rings is 1. The molecule has 2 aliphatic rings. The summed E-state index contributed by atoms with van der Waals surface area (Å²) in [5.74, 6) is 1.24. The molecule has 1 N–H and O–H groups in total. The van der Waals surface area contributed by atoms with E-state index in [0.29, 0.717) is 23.7 Å². The van der Waals surface area contributed by atoms with Crippen LogP contribution in [0, 0.1) is 5.92 Å². The van der Waals surface area contributed by atoms with Crippen LogP contribution in [-0.4, -0.2) is 60.6 Å². The summed E-state index contributed by atoms with van der Waals surface area (Å²) in [6.07, 6.45) is 0. The number of hydrogen-bond donors (Lipinski definition) is 1. The van der Waals surface area contributed by atoms with Gasteiger partial charge in [0.25, 0.3) is 5.91 Å². The zero-order valence-electron chi connectivity index (χ0n) is 18.3. The van der Waals surface area contributed by atoms with Gasteiger partial charge < -0.3 is 19.7 Å². The van der Waals surface area contributed by atoms with Crippen molar-refractivity contribution in [3.8, 4) is 11.5 Å². The summed E-state index contributed by atoms with van der Waals surface area (Å²) in [4.78, 5) is 30.0. The monoisotopic (exact) mass is 457 g/mol. The molecule has 0 aromatic heterocycles. The van der Waals surface area contributed by atoms with Crippen LogP contribution in [0.5, 0.6) is 11.5 Å². The van der Waals surface area contributed by atoms with Crippen LogP contribution in [0.3, 0.4) is 0 Å². The van der Waals surface area contributed by atoms with Gasteiger partial charge in [-0.05, 0) is 47.9 Å². The molecule has 1 saturated heterocycles. The molecular weight excluding hydrogens is 430 g/mol. The van der Waals surface area contributed by atoms with Crippen molar-refractivity contribution in [2.24, 2.45) is 5.92 Å². The third-order valence-electron chi connectivity index (χ3n) is 5.85. The Morgan fingerprint density at radius 1 is 1.00 bits per heavy atom. The topological polar surface area (TPSA) is 71.1 Å². The highest BCUT2D eigenvalue weighted by Crippen LogP contribution is 2.32. The van der Waals surface area contributed by atoms with E-state index >= 15 is 0 Å². The molecule has 1 fully saturated rings. The number of nitrogens with one attached hydrogen (secondary N) is 1. The second-order valence-electron chi connectivity index (χ2n) is 8.49. The fourth-order valence-electron chi connectivity index (χ4n) is 3.96. The van der Waals surface area contributed by atoms with Gasteiger partial charge in [0, 0.05) is 43.3 Å². The van der Waals surface area contributed by atoms with Gasteiger partial charge in [-0.25, -0.2) is 0 Å². The summed E-state index contributed by atoms with van der Waals surface area (Å²) in [6, 6.07) is 12.1. The number of amides is 2. The normalized spacial score (nSPS) is 16.8. The average molecular weight is 458 g/mol. The van der Waals surface area contributed by atoms with Gasteiger partial charge in [-0.15, -0.1) is 0 Å². The van der Waals surface area contributed by atoms with E-state index in [2.05, 4.69) is 10.2 Å². The molecule has 2 aromatic rings. The summed E-state index contributed by atoms with van der Waals surface area (Å²) in [5, 5.41) is 3.48. The minimum absolute atomic E-state index is 0.0228. The second-order valence-corrected chi connectivity index (χ2v) is 8.93. The maximum absolute atomic E-state index is 13.2. The van der Waals surface area contributed by atoms with Crippen LogP contribution in [0.4, 0.5) is 0 Å². The number of rotatable bonds is 6. The van der Waals surface area contributed by atoms with E-state index in [4.69, 9.17) is 21.1 Å². The quantitative estimate of drug-likeness (QED) is 0.721. The lowest BCUT2D eigenvalue weighted by molar-refractivity contribution is -0.136. The number of halogens is 1. The van der Waals surface area contributed by atoms with Crippen LogP contribution >= 0.6 is 11.6 Å². The fraction of sp³-hybridized carbons (Fsp3) is 0.417. The van der Waals surface area contributed by atoms with E-state index in [1.54, 1.807) is 24.3 Å². The predicted molar refractivity (Wildman–Crippen MR) is 122 cm³/mol. The predicted octanol–water partition coefficient (Wildman–Crippen LogP) is 3.17. The molecule has 0 aliphatic carbocycles. The first-order valence-corrected chi connectivity index (χ1v) is 11.2. The molecule has 2 aliphatic heterocycles. The summed E-state index contributed by atoms with van der Waals surface area (Å²) in [5.41, 5.74) is 1.64. The first-order chi connectivity index (χ1) is 15.4. The first-order valence-electron chi connectivity index (χ1n) is 10.9. The van der Waals surface area contributed by atoms with E-state index < -0.39 is 6.04 Å². The van der Waals surface area contributed by atoms with Crippen LogP contribution in [0.25, 0.3) is 0 Å². The Morgan fingerprint density at radius 3 is 2.38 bits per heavy atom. The van der Waals surface area contributed by atoms with E-state index in [1.807, 2.05) is 36.9 Å².